The number of nitrogens with one attached hydrogen (secondary N) is 1. The highest BCUT2D eigenvalue weighted by molar-refractivity contribution is 5.79. The fourth-order valence-corrected chi connectivity index (χ4v) is 4.31. The van der Waals surface area contributed by atoms with Crippen molar-refractivity contribution in [2.24, 2.45) is 11.8 Å². The van der Waals surface area contributed by atoms with E-state index in [0.717, 1.165) is 30.8 Å². The fraction of sp³-hybridized carbons (Fsp3) is 0.667. The molecule has 2 aliphatic heterocycles. The van der Waals surface area contributed by atoms with Gasteiger partial charge in [-0.2, -0.15) is 0 Å². The summed E-state index contributed by atoms with van der Waals surface area (Å²) in [5.74, 6) is 1.34. The van der Waals surface area contributed by atoms with E-state index in [1.54, 1.807) is 7.11 Å². The zero-order valence-electron chi connectivity index (χ0n) is 16.2. The number of carbonyl (C=O) groups is 1. The van der Waals surface area contributed by atoms with Gasteiger partial charge in [0.25, 0.3) is 0 Å². The highest BCUT2D eigenvalue weighted by Gasteiger charge is 2.36. The van der Waals surface area contributed by atoms with Crippen molar-refractivity contribution in [3.63, 3.8) is 0 Å². The number of hydrogen-bond acceptors (Lipinski definition) is 4. The van der Waals surface area contributed by atoms with Crippen molar-refractivity contribution in [1.29, 1.82) is 0 Å². The molecule has 3 atom stereocenters. The minimum absolute atomic E-state index is 0.0338. The summed E-state index contributed by atoms with van der Waals surface area (Å²) in [4.78, 5) is 15.3. The van der Waals surface area contributed by atoms with Gasteiger partial charge in [-0.15, -0.1) is 0 Å². The van der Waals surface area contributed by atoms with Crippen LogP contribution in [0, 0.1) is 11.8 Å². The first-order valence-electron chi connectivity index (χ1n) is 9.88. The molecule has 2 aliphatic rings. The van der Waals surface area contributed by atoms with Crippen molar-refractivity contribution in [2.75, 3.05) is 33.4 Å². The van der Waals surface area contributed by atoms with Crippen LogP contribution in [0.25, 0.3) is 0 Å². The first-order valence-corrected chi connectivity index (χ1v) is 9.88. The molecule has 26 heavy (non-hydrogen) atoms. The summed E-state index contributed by atoms with van der Waals surface area (Å²) in [6.07, 6.45) is 3.28. The third-order valence-electron chi connectivity index (χ3n) is 5.68. The molecule has 144 valence electrons. The highest BCUT2D eigenvalue weighted by atomic mass is 16.5. The van der Waals surface area contributed by atoms with Crippen LogP contribution in [-0.4, -0.2) is 50.3 Å². The molecule has 0 unspecified atom stereocenters. The molecule has 2 fully saturated rings. The maximum absolute atomic E-state index is 12.8. The minimum Gasteiger partial charge on any atom is -0.496 e. The lowest BCUT2D eigenvalue weighted by atomic mass is 9.92. The third-order valence-corrected chi connectivity index (χ3v) is 5.68. The molecule has 1 aromatic rings. The normalized spacial score (nSPS) is 24.8. The molecule has 0 aromatic heterocycles. The first kappa shape index (κ1) is 19.2. The maximum atomic E-state index is 12.8. The van der Waals surface area contributed by atoms with E-state index in [-0.39, 0.29) is 24.0 Å². The van der Waals surface area contributed by atoms with Gasteiger partial charge in [-0.3, -0.25) is 9.69 Å². The number of amides is 1. The molecule has 5 heteroatoms. The molecule has 1 aromatic carbocycles. The Labute approximate surface area is 157 Å². The van der Waals surface area contributed by atoms with Crippen LogP contribution in [0.2, 0.25) is 0 Å². The largest absolute Gasteiger partial charge is 0.496 e. The predicted octanol–water partition coefficient (Wildman–Crippen LogP) is 3.01. The Morgan fingerprint density at radius 3 is 2.73 bits per heavy atom. The van der Waals surface area contributed by atoms with Crippen LogP contribution in [0.15, 0.2) is 24.3 Å². The molecule has 0 aliphatic carbocycles. The van der Waals surface area contributed by atoms with Gasteiger partial charge in [0.05, 0.1) is 25.2 Å². The van der Waals surface area contributed by atoms with E-state index in [0.29, 0.717) is 19.1 Å². The van der Waals surface area contributed by atoms with E-state index in [1.165, 1.54) is 12.8 Å². The van der Waals surface area contributed by atoms with Crippen molar-refractivity contribution < 1.29 is 14.3 Å². The molecule has 1 N–H and O–H groups in total. The SMILES string of the molecule is COc1ccccc1[C@H](CNC(=O)[C@H]1CCO[C@H]1C(C)C)N1CCCC1. The third kappa shape index (κ3) is 4.21. The Morgan fingerprint density at radius 1 is 1.31 bits per heavy atom. The number of para-hydroxylation sites is 1. The summed E-state index contributed by atoms with van der Waals surface area (Å²) in [5.41, 5.74) is 1.15. The summed E-state index contributed by atoms with van der Waals surface area (Å²) in [6, 6.07) is 8.30. The van der Waals surface area contributed by atoms with Gasteiger partial charge in [0.1, 0.15) is 5.75 Å². The summed E-state index contributed by atoms with van der Waals surface area (Å²) < 4.78 is 11.4. The van der Waals surface area contributed by atoms with Gasteiger partial charge in [0.2, 0.25) is 5.91 Å². The lowest BCUT2D eigenvalue weighted by Gasteiger charge is -2.30. The van der Waals surface area contributed by atoms with Crippen molar-refractivity contribution in [2.45, 2.75) is 45.3 Å². The summed E-state index contributed by atoms with van der Waals surface area (Å²) in [6.45, 7) is 7.68. The van der Waals surface area contributed by atoms with Crippen molar-refractivity contribution in [1.82, 2.24) is 10.2 Å². The van der Waals surface area contributed by atoms with Crippen LogP contribution in [0.1, 0.15) is 44.7 Å². The average molecular weight is 360 g/mol. The highest BCUT2D eigenvalue weighted by Crippen LogP contribution is 2.32. The Balaban J connectivity index is 1.71. The van der Waals surface area contributed by atoms with E-state index in [2.05, 4.69) is 30.1 Å². The van der Waals surface area contributed by atoms with E-state index in [4.69, 9.17) is 9.47 Å². The number of hydrogen-bond donors (Lipinski definition) is 1. The van der Waals surface area contributed by atoms with E-state index >= 15 is 0 Å². The van der Waals surface area contributed by atoms with Crippen molar-refractivity contribution >= 4 is 5.91 Å². The standard InChI is InChI=1S/C21H32N2O3/c1-15(2)20-17(10-13-26-20)21(24)22-14-18(23-11-6-7-12-23)16-8-4-5-9-19(16)25-3/h4-5,8-9,15,17-18,20H,6-7,10-14H2,1-3H3,(H,22,24)/t17-,18-,20-/m0/s1. The summed E-state index contributed by atoms with van der Waals surface area (Å²) >= 11 is 0. The fourth-order valence-electron chi connectivity index (χ4n) is 4.31. The second-order valence-corrected chi connectivity index (χ2v) is 7.72. The second kappa shape index (κ2) is 8.87. The Hall–Kier alpha value is -1.59. The molecular weight excluding hydrogens is 328 g/mol. The summed E-state index contributed by atoms with van der Waals surface area (Å²) in [7, 11) is 1.71. The molecule has 0 spiro atoms. The lowest BCUT2D eigenvalue weighted by Crippen LogP contribution is -2.42. The molecule has 2 saturated heterocycles. The molecule has 5 nitrogen and oxygen atoms in total. The number of methoxy groups -OCH3 is 1. The maximum Gasteiger partial charge on any atom is 0.225 e. The second-order valence-electron chi connectivity index (χ2n) is 7.72. The van der Waals surface area contributed by atoms with Crippen LogP contribution >= 0.6 is 0 Å². The lowest BCUT2D eigenvalue weighted by molar-refractivity contribution is -0.127. The van der Waals surface area contributed by atoms with Gasteiger partial charge < -0.3 is 14.8 Å². The zero-order valence-corrected chi connectivity index (χ0v) is 16.2. The van der Waals surface area contributed by atoms with Crippen LogP contribution in [-0.2, 0) is 9.53 Å². The molecular formula is C21H32N2O3. The van der Waals surface area contributed by atoms with Gasteiger partial charge in [-0.1, -0.05) is 32.0 Å². The molecule has 0 radical (unpaired) electrons. The number of carbonyl (C=O) groups excluding carboxylic acids is 1. The average Bonchev–Trinajstić information content (AvgIpc) is 3.34. The Kier molecular flexibility index (Phi) is 6.54. The first-order chi connectivity index (χ1) is 12.6. The van der Waals surface area contributed by atoms with Gasteiger partial charge in [-0.25, -0.2) is 0 Å². The van der Waals surface area contributed by atoms with Crippen LogP contribution in [0.5, 0.6) is 5.75 Å². The quantitative estimate of drug-likeness (QED) is 0.812. The molecule has 0 bridgehead atoms. The smallest absolute Gasteiger partial charge is 0.225 e. The topological polar surface area (TPSA) is 50.8 Å². The molecule has 0 saturated carbocycles. The predicted molar refractivity (Wildman–Crippen MR) is 102 cm³/mol. The minimum atomic E-state index is -0.0353. The van der Waals surface area contributed by atoms with Gasteiger partial charge in [0.15, 0.2) is 0 Å². The van der Waals surface area contributed by atoms with E-state index < -0.39 is 0 Å². The number of likely N-dealkylation sites (tertiary alicyclic amines) is 1. The zero-order chi connectivity index (χ0) is 18.5. The number of benzene rings is 1. The molecule has 3 rings (SSSR count). The van der Waals surface area contributed by atoms with Gasteiger partial charge in [-0.05, 0) is 44.3 Å². The van der Waals surface area contributed by atoms with Crippen LogP contribution in [0.4, 0.5) is 0 Å². The van der Waals surface area contributed by atoms with Crippen LogP contribution in [0.3, 0.4) is 0 Å². The van der Waals surface area contributed by atoms with Crippen molar-refractivity contribution in [3.8, 4) is 5.75 Å². The number of rotatable bonds is 7. The molecule has 2 heterocycles. The number of ether oxygens (including phenoxy) is 2. The number of nitrogens with zero attached hydrogens (tertiary/aromatic N) is 1. The van der Waals surface area contributed by atoms with Crippen molar-refractivity contribution in [3.05, 3.63) is 29.8 Å². The van der Waals surface area contributed by atoms with Gasteiger partial charge >= 0.3 is 0 Å². The van der Waals surface area contributed by atoms with Crippen LogP contribution < -0.4 is 10.1 Å². The molecule has 1 amide bonds. The summed E-state index contributed by atoms with van der Waals surface area (Å²) in [5, 5.41) is 3.22. The monoisotopic (exact) mass is 360 g/mol. The van der Waals surface area contributed by atoms with E-state index in [1.807, 2.05) is 18.2 Å². The van der Waals surface area contributed by atoms with Gasteiger partial charge in [0, 0.05) is 18.7 Å². The van der Waals surface area contributed by atoms with E-state index in [9.17, 15) is 4.79 Å². The Morgan fingerprint density at radius 2 is 2.04 bits per heavy atom. The Bertz CT molecular complexity index is 599.